The van der Waals surface area contributed by atoms with E-state index in [9.17, 15) is 9.59 Å². The fraction of sp³-hybridized carbons (Fsp3) is 0.773. The average Bonchev–Trinajstić information content (AvgIpc) is 3.34. The fourth-order valence-corrected chi connectivity index (χ4v) is 5.27. The van der Waals surface area contributed by atoms with Crippen molar-refractivity contribution in [1.82, 2.24) is 20.0 Å². The SMILES string of the molecule is Cc1n[nH]c(C)c1CCC(=O)N1CCC2(CCC(=O)N(CC3CCCO3)C2)CC1. The van der Waals surface area contributed by atoms with Crippen molar-refractivity contribution in [2.45, 2.75) is 71.3 Å². The second-order valence-corrected chi connectivity index (χ2v) is 9.20. The summed E-state index contributed by atoms with van der Waals surface area (Å²) in [5.74, 6) is 0.512. The Bertz CT molecular complexity index is 726. The van der Waals surface area contributed by atoms with E-state index < -0.39 is 0 Å². The molecule has 1 N–H and O–H groups in total. The summed E-state index contributed by atoms with van der Waals surface area (Å²) >= 11 is 0. The Hall–Kier alpha value is -1.89. The molecule has 1 spiro atoms. The van der Waals surface area contributed by atoms with Crippen LogP contribution in [0.2, 0.25) is 0 Å². The lowest BCUT2D eigenvalue weighted by atomic mass is 9.72. The summed E-state index contributed by atoms with van der Waals surface area (Å²) in [5.41, 5.74) is 3.40. The van der Waals surface area contributed by atoms with E-state index in [0.29, 0.717) is 12.8 Å². The number of rotatable bonds is 5. The number of nitrogens with zero attached hydrogens (tertiary/aromatic N) is 3. The monoisotopic (exact) mass is 402 g/mol. The zero-order valence-corrected chi connectivity index (χ0v) is 17.8. The zero-order chi connectivity index (χ0) is 20.4. The topological polar surface area (TPSA) is 78.5 Å². The molecule has 7 heteroatoms. The average molecular weight is 403 g/mol. The second kappa shape index (κ2) is 8.46. The van der Waals surface area contributed by atoms with Gasteiger partial charge in [-0.3, -0.25) is 14.7 Å². The Labute approximate surface area is 173 Å². The van der Waals surface area contributed by atoms with E-state index in [0.717, 1.165) is 82.7 Å². The first-order valence-electron chi connectivity index (χ1n) is 11.1. The zero-order valence-electron chi connectivity index (χ0n) is 17.8. The van der Waals surface area contributed by atoms with Gasteiger partial charge in [-0.25, -0.2) is 0 Å². The summed E-state index contributed by atoms with van der Waals surface area (Å²) in [5, 5.41) is 7.22. The maximum Gasteiger partial charge on any atom is 0.222 e. The molecule has 29 heavy (non-hydrogen) atoms. The van der Waals surface area contributed by atoms with Crippen molar-refractivity contribution in [2.24, 2.45) is 5.41 Å². The van der Waals surface area contributed by atoms with Crippen molar-refractivity contribution in [3.63, 3.8) is 0 Å². The standard InChI is InChI=1S/C22H34N4O3/c1-16-19(17(2)24-23-16)5-6-20(27)25-11-9-22(10-12-25)8-7-21(28)26(15-22)14-18-4-3-13-29-18/h18H,3-15H2,1-2H3,(H,23,24). The first kappa shape index (κ1) is 20.4. The molecule has 3 aliphatic rings. The molecule has 3 fully saturated rings. The molecule has 4 heterocycles. The summed E-state index contributed by atoms with van der Waals surface area (Å²) < 4.78 is 5.75. The van der Waals surface area contributed by atoms with E-state index in [2.05, 4.69) is 10.2 Å². The van der Waals surface area contributed by atoms with Gasteiger partial charge >= 0.3 is 0 Å². The van der Waals surface area contributed by atoms with E-state index in [1.807, 2.05) is 23.6 Å². The van der Waals surface area contributed by atoms with Crippen LogP contribution in [0.5, 0.6) is 0 Å². The molecule has 3 aliphatic heterocycles. The Balaban J connectivity index is 1.28. The Morgan fingerprint density at radius 2 is 2.07 bits per heavy atom. The predicted octanol–water partition coefficient (Wildman–Crippen LogP) is 2.37. The van der Waals surface area contributed by atoms with Crippen LogP contribution in [0.15, 0.2) is 0 Å². The Morgan fingerprint density at radius 1 is 1.28 bits per heavy atom. The number of aromatic amines is 1. The highest BCUT2D eigenvalue weighted by Crippen LogP contribution is 2.40. The van der Waals surface area contributed by atoms with E-state index in [4.69, 9.17) is 4.74 Å². The second-order valence-electron chi connectivity index (χ2n) is 9.20. The number of amides is 2. The third kappa shape index (κ3) is 4.49. The molecule has 1 aromatic heterocycles. The van der Waals surface area contributed by atoms with Gasteiger partial charge < -0.3 is 14.5 Å². The molecule has 1 aromatic rings. The smallest absolute Gasteiger partial charge is 0.222 e. The van der Waals surface area contributed by atoms with Crippen LogP contribution >= 0.6 is 0 Å². The lowest BCUT2D eigenvalue weighted by molar-refractivity contribution is -0.144. The third-order valence-corrected chi connectivity index (χ3v) is 7.24. The number of aryl methyl sites for hydroxylation is 2. The van der Waals surface area contributed by atoms with Crippen molar-refractivity contribution in [2.75, 3.05) is 32.8 Å². The van der Waals surface area contributed by atoms with Crippen LogP contribution in [0, 0.1) is 19.3 Å². The number of piperidine rings is 2. The first-order chi connectivity index (χ1) is 14.0. The number of ether oxygens (including phenoxy) is 1. The summed E-state index contributed by atoms with van der Waals surface area (Å²) in [4.78, 5) is 29.2. The fourth-order valence-electron chi connectivity index (χ4n) is 5.27. The van der Waals surface area contributed by atoms with Gasteiger partial charge in [0.25, 0.3) is 0 Å². The number of aromatic nitrogens is 2. The summed E-state index contributed by atoms with van der Waals surface area (Å²) in [6.07, 6.45) is 7.27. The van der Waals surface area contributed by atoms with Crippen LogP contribution in [0.3, 0.4) is 0 Å². The number of nitrogens with one attached hydrogen (secondary N) is 1. The highest BCUT2D eigenvalue weighted by molar-refractivity contribution is 5.78. The predicted molar refractivity (Wildman–Crippen MR) is 109 cm³/mol. The summed E-state index contributed by atoms with van der Waals surface area (Å²) in [6, 6.07) is 0. The number of hydrogen-bond donors (Lipinski definition) is 1. The molecule has 0 aromatic carbocycles. The van der Waals surface area contributed by atoms with Gasteiger partial charge in [-0.05, 0) is 63.4 Å². The largest absolute Gasteiger partial charge is 0.376 e. The molecule has 3 saturated heterocycles. The van der Waals surface area contributed by atoms with Gasteiger partial charge in [0.15, 0.2) is 0 Å². The normalized spacial score (nSPS) is 24.5. The van der Waals surface area contributed by atoms with E-state index in [1.54, 1.807) is 0 Å². The molecule has 160 valence electrons. The van der Waals surface area contributed by atoms with E-state index in [1.165, 1.54) is 5.56 Å². The number of carbonyl (C=O) groups is 2. The molecular weight excluding hydrogens is 368 g/mol. The first-order valence-corrected chi connectivity index (χ1v) is 11.1. The van der Waals surface area contributed by atoms with Gasteiger partial charge in [0.2, 0.25) is 11.8 Å². The van der Waals surface area contributed by atoms with Crippen LogP contribution in [0.4, 0.5) is 0 Å². The van der Waals surface area contributed by atoms with Crippen LogP contribution in [0.25, 0.3) is 0 Å². The third-order valence-electron chi connectivity index (χ3n) is 7.24. The molecule has 0 radical (unpaired) electrons. The van der Waals surface area contributed by atoms with E-state index in [-0.39, 0.29) is 23.3 Å². The minimum atomic E-state index is 0.182. The maximum atomic E-state index is 12.7. The van der Waals surface area contributed by atoms with Crippen molar-refractivity contribution >= 4 is 11.8 Å². The van der Waals surface area contributed by atoms with Crippen LogP contribution in [0.1, 0.15) is 61.9 Å². The van der Waals surface area contributed by atoms with Crippen molar-refractivity contribution in [3.05, 3.63) is 17.0 Å². The van der Waals surface area contributed by atoms with E-state index >= 15 is 0 Å². The van der Waals surface area contributed by atoms with Gasteiger partial charge in [0, 0.05) is 51.3 Å². The van der Waals surface area contributed by atoms with Crippen molar-refractivity contribution in [1.29, 1.82) is 0 Å². The highest BCUT2D eigenvalue weighted by Gasteiger charge is 2.42. The molecular formula is C22H34N4O3. The number of carbonyl (C=O) groups excluding carboxylic acids is 2. The molecule has 1 unspecified atom stereocenters. The van der Waals surface area contributed by atoms with Crippen molar-refractivity contribution in [3.8, 4) is 0 Å². The Morgan fingerprint density at radius 3 is 2.72 bits per heavy atom. The molecule has 1 atom stereocenters. The van der Waals surface area contributed by atoms with Gasteiger partial charge in [-0.15, -0.1) is 0 Å². The molecule has 7 nitrogen and oxygen atoms in total. The maximum absolute atomic E-state index is 12.7. The molecule has 0 bridgehead atoms. The van der Waals surface area contributed by atoms with Crippen LogP contribution in [-0.4, -0.2) is 70.7 Å². The lowest BCUT2D eigenvalue weighted by Crippen LogP contribution is -2.53. The van der Waals surface area contributed by atoms with Crippen LogP contribution in [-0.2, 0) is 20.7 Å². The van der Waals surface area contributed by atoms with Gasteiger partial charge in [0.1, 0.15) is 0 Å². The molecule has 2 amide bonds. The Kier molecular flexibility index (Phi) is 5.95. The number of hydrogen-bond acceptors (Lipinski definition) is 4. The van der Waals surface area contributed by atoms with Crippen LogP contribution < -0.4 is 0 Å². The quantitative estimate of drug-likeness (QED) is 0.820. The summed E-state index contributed by atoms with van der Waals surface area (Å²) in [7, 11) is 0. The highest BCUT2D eigenvalue weighted by atomic mass is 16.5. The van der Waals surface area contributed by atoms with Crippen molar-refractivity contribution < 1.29 is 14.3 Å². The molecule has 0 saturated carbocycles. The summed E-state index contributed by atoms with van der Waals surface area (Å²) in [6.45, 7) is 8.02. The number of H-pyrrole nitrogens is 1. The van der Waals surface area contributed by atoms with Gasteiger partial charge in [-0.2, -0.15) is 5.10 Å². The lowest BCUT2D eigenvalue weighted by Gasteiger charge is -2.47. The minimum Gasteiger partial charge on any atom is -0.376 e. The number of likely N-dealkylation sites (tertiary alicyclic amines) is 2. The molecule has 0 aliphatic carbocycles. The minimum absolute atomic E-state index is 0.182. The van der Waals surface area contributed by atoms with Gasteiger partial charge in [-0.1, -0.05) is 0 Å². The van der Waals surface area contributed by atoms with Gasteiger partial charge in [0.05, 0.1) is 11.8 Å². The molecule has 4 rings (SSSR count).